The molecule has 0 spiro atoms. The third-order valence-corrected chi connectivity index (χ3v) is 18.5. The highest BCUT2D eigenvalue weighted by molar-refractivity contribution is 4.82. The molecule has 0 bridgehead atoms. The molecule has 8 unspecified atom stereocenters. The van der Waals surface area contributed by atoms with E-state index in [1.807, 2.05) is 0 Å². The lowest BCUT2D eigenvalue weighted by molar-refractivity contribution is -0.0352. The zero-order valence-corrected chi connectivity index (χ0v) is 55.8. The van der Waals surface area contributed by atoms with Crippen LogP contribution in [0.1, 0.15) is 404 Å². The molecule has 0 aromatic heterocycles. The minimum atomic E-state index is 0.450. The Balaban J connectivity index is 5.39. The van der Waals surface area contributed by atoms with Gasteiger partial charge >= 0.3 is 0 Å². The summed E-state index contributed by atoms with van der Waals surface area (Å²) in [5, 5.41) is 0. The average Bonchev–Trinajstić information content (AvgIpc) is 3.38. The highest BCUT2D eigenvalue weighted by Gasteiger charge is 2.20. The molecule has 0 N–H and O–H groups in total. The van der Waals surface area contributed by atoms with E-state index < -0.39 is 0 Å². The maximum absolute atomic E-state index is 7.46. The summed E-state index contributed by atoms with van der Waals surface area (Å²) in [7, 11) is 0. The largest absolute Gasteiger partial charge is 0.375 e. The molecule has 0 aromatic carbocycles. The lowest BCUT2D eigenvalue weighted by Gasteiger charge is -2.27. The van der Waals surface area contributed by atoms with Crippen LogP contribution in [0.2, 0.25) is 0 Å². The first-order chi connectivity index (χ1) is 37.4. The van der Waals surface area contributed by atoms with E-state index in [0.29, 0.717) is 12.2 Å². The summed E-state index contributed by atoms with van der Waals surface area (Å²) in [6.45, 7) is 29.4. The first-order valence-corrected chi connectivity index (χ1v) is 36.3. The second-order valence-electron chi connectivity index (χ2n) is 28.3. The average molecular weight is 1080 g/mol. The van der Waals surface area contributed by atoms with Crippen molar-refractivity contribution < 1.29 is 4.74 Å². The molecule has 0 saturated carbocycles. The standard InChI is InChI=1S/C76H150O/c1-13-15-17-19-21-23-25-27-29-31-33-35-37-39-41-61-75(65-63-73(11)59-47-57-71(9)55-45-53-69(7)51-43-49-67(3)4)77-76(62-42-40-38-36-34-32-30-28-26-24-22-20-18-16-14-2)66-64-74(12)60-48-58-72(10)56-46-54-70(8)52-44-50-68(5)6/h27-30,67-76H,13-26,31-66H2,1-12H3. The van der Waals surface area contributed by atoms with Crippen LogP contribution in [0.15, 0.2) is 24.3 Å². The van der Waals surface area contributed by atoms with Crippen molar-refractivity contribution in [2.75, 3.05) is 0 Å². The maximum atomic E-state index is 7.46. The first kappa shape index (κ1) is 76.4. The Morgan fingerprint density at radius 1 is 0.208 bits per heavy atom. The number of hydrogen-bond donors (Lipinski definition) is 0. The SMILES string of the molecule is CCCCCCCCC=CCCCCCCCC(CCC(C)CCCC(C)CCCC(C)CCCC(C)C)OC(CCCCCCCC=CCCCCCCCC)CCC(C)CCCC(C)CCCC(C)CCCC(C)C. The molecule has 1 heteroatoms. The molecule has 0 heterocycles. The van der Waals surface area contributed by atoms with Crippen LogP contribution < -0.4 is 0 Å². The van der Waals surface area contributed by atoms with Crippen molar-refractivity contribution in [3.63, 3.8) is 0 Å². The molecule has 0 amide bonds. The van der Waals surface area contributed by atoms with Gasteiger partial charge in [0, 0.05) is 0 Å². The van der Waals surface area contributed by atoms with Crippen LogP contribution in [0, 0.1) is 47.3 Å². The van der Waals surface area contributed by atoms with Gasteiger partial charge in [0.05, 0.1) is 12.2 Å². The fraction of sp³-hybridized carbons (Fsp3) is 0.947. The van der Waals surface area contributed by atoms with E-state index in [9.17, 15) is 0 Å². The van der Waals surface area contributed by atoms with Crippen molar-refractivity contribution in [2.45, 2.75) is 416 Å². The van der Waals surface area contributed by atoms with Gasteiger partial charge in [-0.1, -0.05) is 339 Å². The van der Waals surface area contributed by atoms with E-state index in [4.69, 9.17) is 4.74 Å². The Morgan fingerprint density at radius 3 is 0.688 bits per heavy atom. The molecule has 0 aromatic rings. The fourth-order valence-corrected chi connectivity index (χ4v) is 12.5. The zero-order valence-electron chi connectivity index (χ0n) is 55.8. The molecule has 0 aliphatic carbocycles. The summed E-state index contributed by atoms with van der Waals surface area (Å²) < 4.78 is 7.46. The van der Waals surface area contributed by atoms with Gasteiger partial charge in [-0.05, 0) is 137 Å². The molecule has 1 nitrogen and oxygen atoms in total. The quantitative estimate of drug-likeness (QED) is 0.0436. The van der Waals surface area contributed by atoms with E-state index in [0.717, 1.165) is 47.3 Å². The Hall–Kier alpha value is -0.560. The molecule has 0 aliphatic heterocycles. The Morgan fingerprint density at radius 2 is 0.429 bits per heavy atom. The van der Waals surface area contributed by atoms with E-state index in [2.05, 4.69) is 107 Å². The highest BCUT2D eigenvalue weighted by Crippen LogP contribution is 2.29. The molecule has 77 heavy (non-hydrogen) atoms. The number of unbranched alkanes of at least 4 members (excludes halogenated alkanes) is 22. The summed E-state index contributed by atoms with van der Waals surface area (Å²) in [6, 6.07) is 0. The summed E-state index contributed by atoms with van der Waals surface area (Å²) in [4.78, 5) is 0. The van der Waals surface area contributed by atoms with Crippen LogP contribution in [0.3, 0.4) is 0 Å². The highest BCUT2D eigenvalue weighted by atomic mass is 16.5. The van der Waals surface area contributed by atoms with Crippen molar-refractivity contribution in [1.82, 2.24) is 0 Å². The summed E-state index contributed by atoms with van der Waals surface area (Å²) >= 11 is 0. The smallest absolute Gasteiger partial charge is 0.0579 e. The monoisotopic (exact) mass is 1080 g/mol. The summed E-state index contributed by atoms with van der Waals surface area (Å²) in [5.41, 5.74) is 0. The lowest BCUT2D eigenvalue weighted by Crippen LogP contribution is -2.24. The van der Waals surface area contributed by atoms with E-state index in [-0.39, 0.29) is 0 Å². The van der Waals surface area contributed by atoms with Crippen LogP contribution in [-0.2, 0) is 4.74 Å². The number of ether oxygens (including phenoxy) is 1. The van der Waals surface area contributed by atoms with Gasteiger partial charge in [0.1, 0.15) is 0 Å². The van der Waals surface area contributed by atoms with Crippen molar-refractivity contribution in [3.8, 4) is 0 Å². The molecule has 8 atom stereocenters. The summed E-state index contributed by atoms with van der Waals surface area (Å²) in [6.07, 6.45) is 80.1. The normalized spacial score (nSPS) is 15.6. The minimum Gasteiger partial charge on any atom is -0.375 e. The third-order valence-electron chi connectivity index (χ3n) is 18.5. The van der Waals surface area contributed by atoms with E-state index in [1.54, 1.807) is 0 Å². The second kappa shape index (κ2) is 58.6. The number of allylic oxidation sites excluding steroid dienone is 4. The predicted octanol–water partition coefficient (Wildman–Crippen LogP) is 27.5. The molecular formula is C76H150O. The van der Waals surface area contributed by atoms with Crippen molar-refractivity contribution in [3.05, 3.63) is 24.3 Å². The van der Waals surface area contributed by atoms with Crippen molar-refractivity contribution in [2.24, 2.45) is 47.3 Å². The zero-order chi connectivity index (χ0) is 56.7. The Bertz CT molecular complexity index is 1090. The lowest BCUT2D eigenvalue weighted by atomic mass is 9.89. The fourth-order valence-electron chi connectivity index (χ4n) is 12.5. The van der Waals surface area contributed by atoms with Gasteiger partial charge < -0.3 is 4.74 Å². The van der Waals surface area contributed by atoms with Gasteiger partial charge in [-0.2, -0.15) is 0 Å². The molecule has 0 fully saturated rings. The topological polar surface area (TPSA) is 9.23 Å². The van der Waals surface area contributed by atoms with Gasteiger partial charge in [0.25, 0.3) is 0 Å². The molecular weight excluding hydrogens is 929 g/mol. The second-order valence-corrected chi connectivity index (χ2v) is 28.3. The van der Waals surface area contributed by atoms with Gasteiger partial charge in [0.15, 0.2) is 0 Å². The molecule has 460 valence electrons. The van der Waals surface area contributed by atoms with E-state index >= 15 is 0 Å². The van der Waals surface area contributed by atoms with Crippen LogP contribution in [0.4, 0.5) is 0 Å². The van der Waals surface area contributed by atoms with Crippen molar-refractivity contribution >= 4 is 0 Å². The first-order valence-electron chi connectivity index (χ1n) is 36.3. The van der Waals surface area contributed by atoms with Gasteiger partial charge in [-0.15, -0.1) is 0 Å². The number of hydrogen-bond acceptors (Lipinski definition) is 1. The predicted molar refractivity (Wildman–Crippen MR) is 354 cm³/mol. The minimum absolute atomic E-state index is 0.450. The third kappa shape index (κ3) is 58.4. The van der Waals surface area contributed by atoms with Crippen LogP contribution in [0.25, 0.3) is 0 Å². The number of rotatable bonds is 62. The van der Waals surface area contributed by atoms with E-state index in [1.165, 1.54) is 321 Å². The van der Waals surface area contributed by atoms with Crippen molar-refractivity contribution in [1.29, 1.82) is 0 Å². The van der Waals surface area contributed by atoms with Gasteiger partial charge in [0.2, 0.25) is 0 Å². The molecule has 0 radical (unpaired) electrons. The van der Waals surface area contributed by atoms with Crippen LogP contribution in [0.5, 0.6) is 0 Å². The maximum Gasteiger partial charge on any atom is 0.0579 e. The molecule has 0 aliphatic rings. The molecule has 0 rings (SSSR count). The summed E-state index contributed by atoms with van der Waals surface area (Å²) in [5.74, 6) is 6.92. The Kier molecular flexibility index (Phi) is 58.2. The molecule has 0 saturated heterocycles. The van der Waals surface area contributed by atoms with Gasteiger partial charge in [-0.25, -0.2) is 0 Å². The van der Waals surface area contributed by atoms with Crippen LogP contribution in [-0.4, -0.2) is 12.2 Å². The Labute approximate surface area is 490 Å². The van der Waals surface area contributed by atoms with Gasteiger partial charge in [-0.3, -0.25) is 0 Å². The van der Waals surface area contributed by atoms with Crippen LogP contribution >= 0.6 is 0 Å².